The fourth-order valence-corrected chi connectivity index (χ4v) is 10.6. The van der Waals surface area contributed by atoms with Gasteiger partial charge in [0, 0.05) is 51.7 Å². The number of carbonyl (C=O) groups is 1. The van der Waals surface area contributed by atoms with Crippen LogP contribution >= 0.6 is 0 Å². The molecule has 6 heterocycles. The fourth-order valence-electron chi connectivity index (χ4n) is 10.6. The second-order valence-electron chi connectivity index (χ2n) is 19.0. The number of hydrogen-bond donors (Lipinski definition) is 3. The van der Waals surface area contributed by atoms with Gasteiger partial charge in [-0.2, -0.15) is 0 Å². The zero-order valence-electron chi connectivity index (χ0n) is 38.2. The molecule has 0 radical (unpaired) electrons. The molecule has 1 spiro atoms. The van der Waals surface area contributed by atoms with Crippen molar-refractivity contribution in [1.82, 2.24) is 0 Å². The quantitative estimate of drug-likeness (QED) is 0.210. The maximum absolute atomic E-state index is 14.3. The Morgan fingerprint density at radius 2 is 1.60 bits per heavy atom. The molecule has 14 nitrogen and oxygen atoms in total. The summed E-state index contributed by atoms with van der Waals surface area (Å²) in [6, 6.07) is 0. The zero-order chi connectivity index (χ0) is 44.7. The van der Waals surface area contributed by atoms with Crippen LogP contribution in [0.5, 0.6) is 0 Å². The third-order valence-electron chi connectivity index (χ3n) is 14.5. The molecule has 6 aliphatic heterocycles. The molecule has 2 bridgehead atoms. The minimum absolute atomic E-state index is 0.0317. The van der Waals surface area contributed by atoms with Crippen LogP contribution in [0.15, 0.2) is 59.3 Å². The number of ether oxygens (including phenoxy) is 10. The molecule has 0 aromatic rings. The molecular formula is C48H72O14. The smallest absolute Gasteiger partial charge is 0.316 e. The summed E-state index contributed by atoms with van der Waals surface area (Å²) in [5, 5.41) is 34.2. The second kappa shape index (κ2) is 19.7. The first kappa shape index (κ1) is 47.6. The van der Waals surface area contributed by atoms with E-state index in [4.69, 9.17) is 47.4 Å². The van der Waals surface area contributed by atoms with Gasteiger partial charge in [-0.05, 0) is 62.8 Å². The first-order valence-electron chi connectivity index (χ1n) is 22.9. The lowest BCUT2D eigenvalue weighted by Gasteiger charge is -2.48. The van der Waals surface area contributed by atoms with Gasteiger partial charge in [-0.3, -0.25) is 4.79 Å². The molecule has 14 heteroatoms. The molecule has 0 unspecified atom stereocenters. The predicted molar refractivity (Wildman–Crippen MR) is 227 cm³/mol. The third kappa shape index (κ3) is 9.64. The lowest BCUT2D eigenvalue weighted by Crippen LogP contribution is -2.58. The largest absolute Gasteiger partial charge is 0.462 e. The van der Waals surface area contributed by atoms with Crippen LogP contribution in [0.25, 0.3) is 0 Å². The molecule has 20 atom stereocenters. The topological polar surface area (TPSA) is 170 Å². The number of aliphatic hydroxyl groups is 3. The fraction of sp³-hybridized carbons (Fsp3) is 0.771. The zero-order valence-corrected chi connectivity index (χ0v) is 38.2. The molecule has 4 saturated heterocycles. The monoisotopic (exact) mass is 872 g/mol. The van der Waals surface area contributed by atoms with E-state index in [1.54, 1.807) is 40.2 Å². The maximum Gasteiger partial charge on any atom is 0.316 e. The highest BCUT2D eigenvalue weighted by atomic mass is 16.7. The number of fused-ring (bicyclic) bond motifs is 2. The van der Waals surface area contributed by atoms with Gasteiger partial charge in [0.05, 0.1) is 49.3 Å². The summed E-state index contributed by atoms with van der Waals surface area (Å²) in [4.78, 5) is 14.3. The van der Waals surface area contributed by atoms with Gasteiger partial charge in [-0.15, -0.1) is 0 Å². The van der Waals surface area contributed by atoms with Crippen LogP contribution in [0.2, 0.25) is 0 Å². The van der Waals surface area contributed by atoms with Crippen molar-refractivity contribution in [3.8, 4) is 0 Å². The van der Waals surface area contributed by atoms with Crippen LogP contribution in [-0.4, -0.2) is 139 Å². The average molecular weight is 873 g/mol. The molecule has 3 N–H and O–H groups in total. The number of esters is 1. The van der Waals surface area contributed by atoms with Crippen LogP contribution in [0.1, 0.15) is 93.9 Å². The van der Waals surface area contributed by atoms with Crippen LogP contribution in [0.3, 0.4) is 0 Å². The molecule has 7 aliphatic rings. The Labute approximate surface area is 367 Å². The highest BCUT2D eigenvalue weighted by Crippen LogP contribution is 2.47. The van der Waals surface area contributed by atoms with Gasteiger partial charge in [0.25, 0.3) is 0 Å². The molecule has 62 heavy (non-hydrogen) atoms. The second-order valence-corrected chi connectivity index (χ2v) is 19.0. The predicted octanol–water partition coefficient (Wildman–Crippen LogP) is 5.38. The lowest BCUT2D eigenvalue weighted by molar-refractivity contribution is -0.318. The SMILES string of the molecule is CC[C@H](C)[C@H]1O[C@]2(C=C[C@@H]1C)C[C@@H]1C[C@@H](C/C=C(/C)[C@@H](O[C@H]3C[C@H](OC)[C@@H](O[C@H]4C[C@H](OC)[C@@H](O)[C@H](C)O4)[C@H](C)O3)[C@@H](C)/C=C\C=C3CO[C@@H]4[C@H](O)C(C)=C[C@H](C(=O)O1)[C@]34O)O2. The lowest BCUT2D eigenvalue weighted by atomic mass is 9.71. The summed E-state index contributed by atoms with van der Waals surface area (Å²) >= 11 is 0. The molecule has 0 saturated carbocycles. The minimum Gasteiger partial charge on any atom is -0.462 e. The number of aliphatic hydroxyl groups excluding tert-OH is 2. The summed E-state index contributed by atoms with van der Waals surface area (Å²) in [5.41, 5.74) is 0.134. The molecule has 7 rings (SSSR count). The van der Waals surface area contributed by atoms with Crippen LogP contribution in [-0.2, 0) is 52.2 Å². The van der Waals surface area contributed by atoms with E-state index in [1.165, 1.54) is 0 Å². The Balaban J connectivity index is 1.18. The van der Waals surface area contributed by atoms with Crippen molar-refractivity contribution in [2.45, 2.75) is 191 Å². The first-order chi connectivity index (χ1) is 29.5. The van der Waals surface area contributed by atoms with Gasteiger partial charge < -0.3 is 62.7 Å². The molecular weight excluding hydrogens is 801 g/mol. The Morgan fingerprint density at radius 1 is 0.887 bits per heavy atom. The molecule has 1 aliphatic carbocycles. The summed E-state index contributed by atoms with van der Waals surface area (Å²) in [6.07, 6.45) is 8.55. The molecule has 348 valence electrons. The van der Waals surface area contributed by atoms with E-state index in [0.29, 0.717) is 43.3 Å². The summed E-state index contributed by atoms with van der Waals surface area (Å²) in [7, 11) is 3.22. The number of rotatable bonds is 8. The molecule has 0 amide bonds. The normalized spacial score (nSPS) is 48.3. The maximum atomic E-state index is 14.3. The van der Waals surface area contributed by atoms with Crippen LogP contribution in [0.4, 0.5) is 0 Å². The van der Waals surface area contributed by atoms with Crippen molar-refractivity contribution >= 4 is 5.97 Å². The minimum atomic E-state index is -1.84. The van der Waals surface area contributed by atoms with Gasteiger partial charge in [0.1, 0.15) is 42.0 Å². The molecule has 0 aromatic heterocycles. The highest BCUT2D eigenvalue weighted by molar-refractivity contribution is 5.78. The van der Waals surface area contributed by atoms with E-state index in [9.17, 15) is 20.1 Å². The highest BCUT2D eigenvalue weighted by Gasteiger charge is 2.60. The Hall–Kier alpha value is -2.31. The first-order valence-corrected chi connectivity index (χ1v) is 22.9. The van der Waals surface area contributed by atoms with Gasteiger partial charge in [-0.1, -0.05) is 70.6 Å². The third-order valence-corrected chi connectivity index (χ3v) is 14.5. The van der Waals surface area contributed by atoms with Crippen molar-refractivity contribution in [3.05, 3.63) is 59.3 Å². The van der Waals surface area contributed by atoms with Crippen molar-refractivity contribution in [2.24, 2.45) is 23.7 Å². The Kier molecular flexibility index (Phi) is 15.1. The van der Waals surface area contributed by atoms with Gasteiger partial charge >= 0.3 is 5.97 Å². The standard InChI is InChI=1S/C48H72O14/c1-11-25(2)43-28(5)17-18-47(62-43)23-34-20-33(61-47)16-15-27(4)42(26(3)13-12-14-32-24-55-45-40(49)29(6)19-35(46(51)58-34)48(32,45)52)59-39-22-37(54-10)44(31(8)57-39)60-38-21-36(53-9)41(50)30(7)56-38/h12-15,17-19,25-26,28,30-31,33-45,49-50,52H,11,16,20-24H2,1-10H3/b13-12-,27-15-,32-14?/t25-,26-,28-,30-,31-,33+,34-,35+,36-,37-,38-,39-,40+,41-,42-,43+,44-,45+,47+,48+/m0/s1. The number of allylic oxidation sites excluding steroid dienone is 2. The number of hydrogen-bond acceptors (Lipinski definition) is 14. The van der Waals surface area contributed by atoms with Gasteiger partial charge in [0.15, 0.2) is 18.4 Å². The van der Waals surface area contributed by atoms with Crippen LogP contribution in [0, 0.1) is 23.7 Å². The van der Waals surface area contributed by atoms with E-state index < -0.39 is 90.8 Å². The Bertz CT molecular complexity index is 1730. The summed E-state index contributed by atoms with van der Waals surface area (Å²) < 4.78 is 63.7. The van der Waals surface area contributed by atoms with Gasteiger partial charge in [0.2, 0.25) is 0 Å². The Morgan fingerprint density at radius 3 is 2.32 bits per heavy atom. The van der Waals surface area contributed by atoms with Crippen molar-refractivity contribution in [2.75, 3.05) is 20.8 Å². The van der Waals surface area contributed by atoms with Crippen molar-refractivity contribution < 1.29 is 67.5 Å². The summed E-state index contributed by atoms with van der Waals surface area (Å²) in [6.45, 7) is 16.1. The van der Waals surface area contributed by atoms with Crippen molar-refractivity contribution in [1.29, 1.82) is 0 Å². The molecule has 4 fully saturated rings. The van der Waals surface area contributed by atoms with Gasteiger partial charge in [-0.25, -0.2) is 0 Å². The van der Waals surface area contributed by atoms with E-state index in [0.717, 1.165) is 12.0 Å². The van der Waals surface area contributed by atoms with Crippen LogP contribution < -0.4 is 0 Å². The van der Waals surface area contributed by atoms with E-state index in [-0.39, 0.29) is 42.7 Å². The molecule has 0 aromatic carbocycles. The summed E-state index contributed by atoms with van der Waals surface area (Å²) in [5.74, 6) is -2.56. The number of carbonyl (C=O) groups excluding carboxylic acids is 1. The van der Waals surface area contributed by atoms with E-state index in [1.807, 2.05) is 32.1 Å². The van der Waals surface area contributed by atoms with Crippen molar-refractivity contribution in [3.63, 3.8) is 0 Å². The van der Waals surface area contributed by atoms with E-state index >= 15 is 0 Å². The number of methoxy groups -OCH3 is 2. The average Bonchev–Trinajstić information content (AvgIpc) is 3.58. The van der Waals surface area contributed by atoms with E-state index in [2.05, 4.69) is 39.8 Å².